The molecular formula is C56H43N. The molecule has 11 rings (SSSR count). The van der Waals surface area contributed by atoms with E-state index in [-0.39, 0.29) is 5.41 Å². The van der Waals surface area contributed by atoms with Crippen molar-refractivity contribution in [3.63, 3.8) is 0 Å². The van der Waals surface area contributed by atoms with Crippen LogP contribution in [0.25, 0.3) is 38.6 Å². The predicted octanol–water partition coefficient (Wildman–Crippen LogP) is 14.4. The fourth-order valence-corrected chi connectivity index (χ4v) is 10.5. The second-order valence-electron chi connectivity index (χ2n) is 16.3. The molecule has 1 nitrogen and oxygen atoms in total. The van der Waals surface area contributed by atoms with Crippen molar-refractivity contribution in [1.29, 1.82) is 0 Å². The molecule has 3 aliphatic rings. The van der Waals surface area contributed by atoms with Crippen LogP contribution < -0.4 is 4.90 Å². The molecule has 0 radical (unpaired) electrons. The summed E-state index contributed by atoms with van der Waals surface area (Å²) in [6.07, 6.45) is 6.65. The van der Waals surface area contributed by atoms with E-state index in [0.717, 1.165) is 12.8 Å². The van der Waals surface area contributed by atoms with Crippen LogP contribution in [0, 0.1) is 0 Å². The lowest BCUT2D eigenvalue weighted by molar-refractivity contribution is 0.660. The molecule has 1 heteroatoms. The highest BCUT2D eigenvalue weighted by molar-refractivity contribution is 6.11. The van der Waals surface area contributed by atoms with Crippen LogP contribution in [0.2, 0.25) is 0 Å². The normalized spacial score (nSPS) is 15.5. The lowest BCUT2D eigenvalue weighted by atomic mass is 9.67. The van der Waals surface area contributed by atoms with Gasteiger partial charge in [0, 0.05) is 22.2 Å². The van der Waals surface area contributed by atoms with E-state index in [4.69, 9.17) is 0 Å². The van der Waals surface area contributed by atoms with Gasteiger partial charge in [-0.15, -0.1) is 0 Å². The highest BCUT2D eigenvalue weighted by atomic mass is 15.2. The molecule has 0 aromatic heterocycles. The summed E-state index contributed by atoms with van der Waals surface area (Å²) in [6, 6.07) is 70.2. The Kier molecular flexibility index (Phi) is 7.63. The molecule has 0 aliphatic heterocycles. The van der Waals surface area contributed by atoms with Crippen molar-refractivity contribution >= 4 is 27.7 Å². The van der Waals surface area contributed by atoms with E-state index in [1.807, 2.05) is 0 Å². The van der Waals surface area contributed by atoms with Gasteiger partial charge in [-0.3, -0.25) is 0 Å². The van der Waals surface area contributed by atoms with Gasteiger partial charge in [0.1, 0.15) is 0 Å². The van der Waals surface area contributed by atoms with Crippen molar-refractivity contribution < 1.29 is 0 Å². The molecule has 3 aliphatic carbocycles. The summed E-state index contributed by atoms with van der Waals surface area (Å²) in [5, 5.41) is 2.53. The van der Waals surface area contributed by atoms with Crippen LogP contribution in [0.1, 0.15) is 65.6 Å². The van der Waals surface area contributed by atoms with Crippen molar-refractivity contribution in [3.8, 4) is 22.3 Å². The van der Waals surface area contributed by atoms with E-state index in [1.54, 1.807) is 0 Å². The Morgan fingerprint density at radius 2 is 1.09 bits per heavy atom. The third-order valence-corrected chi connectivity index (χ3v) is 13.1. The third-order valence-electron chi connectivity index (χ3n) is 13.1. The first kappa shape index (κ1) is 33.6. The van der Waals surface area contributed by atoms with E-state index >= 15 is 0 Å². The maximum absolute atomic E-state index is 2.59. The minimum atomic E-state index is -0.471. The van der Waals surface area contributed by atoms with E-state index < -0.39 is 5.41 Å². The fraction of sp³-hybridized carbons (Fsp3) is 0.107. The Balaban J connectivity index is 1.20. The SMILES string of the molecule is CC1(C)c2ccccc2-c2ccc(N(C3=CC=C(c4ccccc4)CC3)c3cccc4ccc5c(c34)-c3ccccc3C5(c3ccccc3)c3ccccc3)cc21. The molecule has 0 unspecified atom stereocenters. The number of allylic oxidation sites excluding steroid dienone is 4. The highest BCUT2D eigenvalue weighted by Gasteiger charge is 2.47. The van der Waals surface area contributed by atoms with Gasteiger partial charge in [0.2, 0.25) is 0 Å². The third kappa shape index (κ3) is 4.95. The van der Waals surface area contributed by atoms with Crippen molar-refractivity contribution in [2.45, 2.75) is 37.5 Å². The van der Waals surface area contributed by atoms with Gasteiger partial charge in [0.05, 0.1) is 11.1 Å². The zero-order valence-electron chi connectivity index (χ0n) is 32.4. The molecule has 0 fully saturated rings. The van der Waals surface area contributed by atoms with Crippen LogP contribution in [-0.2, 0) is 10.8 Å². The van der Waals surface area contributed by atoms with Crippen LogP contribution in [-0.4, -0.2) is 0 Å². The smallest absolute Gasteiger partial charge is 0.0713 e. The molecule has 8 aromatic rings. The van der Waals surface area contributed by atoms with Gasteiger partial charge in [0.25, 0.3) is 0 Å². The molecule has 0 saturated carbocycles. The van der Waals surface area contributed by atoms with Gasteiger partial charge in [-0.1, -0.05) is 190 Å². The van der Waals surface area contributed by atoms with Gasteiger partial charge < -0.3 is 4.90 Å². The monoisotopic (exact) mass is 729 g/mol. The van der Waals surface area contributed by atoms with Gasteiger partial charge in [-0.2, -0.15) is 0 Å². The lowest BCUT2D eigenvalue weighted by Crippen LogP contribution is -2.28. The number of nitrogens with zero attached hydrogens (tertiary/aromatic N) is 1. The Labute approximate surface area is 335 Å². The summed E-state index contributed by atoms with van der Waals surface area (Å²) in [5.41, 5.74) is 19.1. The van der Waals surface area contributed by atoms with Crippen LogP contribution in [0.3, 0.4) is 0 Å². The van der Waals surface area contributed by atoms with E-state index in [9.17, 15) is 0 Å². The Morgan fingerprint density at radius 3 is 1.79 bits per heavy atom. The van der Waals surface area contributed by atoms with E-state index in [0.29, 0.717) is 0 Å². The summed E-state index contributed by atoms with van der Waals surface area (Å²) in [5.74, 6) is 0. The first-order valence-electron chi connectivity index (χ1n) is 20.3. The summed E-state index contributed by atoms with van der Waals surface area (Å²) >= 11 is 0. The van der Waals surface area contributed by atoms with Crippen molar-refractivity contribution in [3.05, 3.63) is 245 Å². The maximum atomic E-state index is 2.59. The molecule has 0 amide bonds. The molecular weight excluding hydrogens is 687 g/mol. The van der Waals surface area contributed by atoms with Gasteiger partial charge >= 0.3 is 0 Å². The van der Waals surface area contributed by atoms with E-state index in [2.05, 4.69) is 219 Å². The summed E-state index contributed by atoms with van der Waals surface area (Å²) in [7, 11) is 0. The van der Waals surface area contributed by atoms with Crippen LogP contribution in [0.5, 0.6) is 0 Å². The van der Waals surface area contributed by atoms with Gasteiger partial charge in [0.15, 0.2) is 0 Å². The van der Waals surface area contributed by atoms with Crippen LogP contribution in [0.4, 0.5) is 11.4 Å². The van der Waals surface area contributed by atoms with E-state index in [1.165, 1.54) is 94.6 Å². The second kappa shape index (κ2) is 12.9. The highest BCUT2D eigenvalue weighted by Crippen LogP contribution is 2.59. The van der Waals surface area contributed by atoms with Crippen molar-refractivity contribution in [1.82, 2.24) is 0 Å². The van der Waals surface area contributed by atoms with Crippen LogP contribution in [0.15, 0.2) is 206 Å². The zero-order chi connectivity index (χ0) is 38.1. The minimum Gasteiger partial charge on any atom is -0.314 e. The zero-order valence-corrected chi connectivity index (χ0v) is 32.4. The summed E-state index contributed by atoms with van der Waals surface area (Å²) in [6.45, 7) is 4.77. The number of benzene rings is 8. The van der Waals surface area contributed by atoms with Crippen LogP contribution >= 0.6 is 0 Å². The number of hydrogen-bond donors (Lipinski definition) is 0. The first-order valence-corrected chi connectivity index (χ1v) is 20.3. The quantitative estimate of drug-likeness (QED) is 0.165. The predicted molar refractivity (Wildman–Crippen MR) is 239 cm³/mol. The topological polar surface area (TPSA) is 3.24 Å². The van der Waals surface area contributed by atoms with Gasteiger partial charge in [-0.05, 0) is 109 Å². The average molecular weight is 730 g/mol. The molecule has 0 saturated heterocycles. The summed E-state index contributed by atoms with van der Waals surface area (Å²) in [4.78, 5) is 2.59. The van der Waals surface area contributed by atoms with Crippen molar-refractivity contribution in [2.24, 2.45) is 0 Å². The first-order chi connectivity index (χ1) is 28.0. The molecule has 57 heavy (non-hydrogen) atoms. The van der Waals surface area contributed by atoms with Crippen molar-refractivity contribution in [2.75, 3.05) is 4.90 Å². The molecule has 0 spiro atoms. The molecule has 0 bridgehead atoms. The maximum Gasteiger partial charge on any atom is 0.0713 e. The lowest BCUT2D eigenvalue weighted by Gasteiger charge is -2.34. The molecule has 0 atom stereocenters. The minimum absolute atomic E-state index is 0.112. The molecule has 0 heterocycles. The standard InChI is InChI=1S/C56H43N/c1-55(2)48-26-14-12-24-45(48)46-35-34-44(37-51(46)55)57(43-32-29-39(30-33-43)38-17-6-3-7-18-38)52-28-16-19-40-31-36-50-54(53(40)52)47-25-13-15-27-49(47)56(50,41-20-8-4-9-21-41)42-22-10-5-11-23-42/h3-29,31-32,34-37H,30,33H2,1-2H3. The Bertz CT molecular complexity index is 2870. The molecule has 8 aromatic carbocycles. The number of fused-ring (bicyclic) bond motifs is 8. The number of anilines is 2. The number of hydrogen-bond acceptors (Lipinski definition) is 1. The van der Waals surface area contributed by atoms with Gasteiger partial charge in [-0.25, -0.2) is 0 Å². The molecule has 0 N–H and O–H groups in total. The molecule has 272 valence electrons. The largest absolute Gasteiger partial charge is 0.314 e. The second-order valence-corrected chi connectivity index (χ2v) is 16.3. The average Bonchev–Trinajstić information content (AvgIpc) is 3.71. The number of rotatable bonds is 6. The summed E-state index contributed by atoms with van der Waals surface area (Å²) < 4.78 is 0. The Hall–Kier alpha value is -6.70. The Morgan fingerprint density at radius 1 is 0.456 bits per heavy atom. The fourth-order valence-electron chi connectivity index (χ4n) is 10.5.